The molecule has 0 radical (unpaired) electrons. The summed E-state index contributed by atoms with van der Waals surface area (Å²) in [5.74, 6) is 0.0781. The number of halogens is 1. The number of benzene rings is 1. The third-order valence-electron chi connectivity index (χ3n) is 4.01. The Morgan fingerprint density at radius 2 is 1.91 bits per heavy atom. The lowest BCUT2D eigenvalue weighted by atomic mass is 9.99. The Labute approximate surface area is 141 Å². The molecule has 0 spiro atoms. The predicted octanol–water partition coefficient (Wildman–Crippen LogP) is 2.23. The van der Waals surface area contributed by atoms with Crippen molar-refractivity contribution in [2.75, 3.05) is 26.3 Å². The molecule has 1 N–H and O–H groups in total. The van der Waals surface area contributed by atoms with Gasteiger partial charge < -0.3 is 15.0 Å². The second-order valence-electron chi connectivity index (χ2n) is 5.74. The van der Waals surface area contributed by atoms with E-state index in [1.165, 1.54) is 6.92 Å². The van der Waals surface area contributed by atoms with Crippen LogP contribution in [0.5, 0.6) is 0 Å². The molecular formula is C17H23ClN2O3. The number of carbonyl (C=O) groups excluding carboxylic acids is 2. The summed E-state index contributed by atoms with van der Waals surface area (Å²) in [6.45, 7) is 4.30. The normalized spacial score (nSPS) is 15.2. The standard InChI is InChI=1S/C17H23ClN2O3/c1-13(21)20(12-14-2-4-16(18)5-3-14)9-8-19-17(22)15-6-10-23-11-7-15/h2-5,15H,6-12H2,1H3,(H,19,22). The molecular weight excluding hydrogens is 316 g/mol. The van der Waals surface area contributed by atoms with E-state index in [1.54, 1.807) is 4.90 Å². The summed E-state index contributed by atoms with van der Waals surface area (Å²) in [4.78, 5) is 25.5. The van der Waals surface area contributed by atoms with Crippen molar-refractivity contribution in [2.45, 2.75) is 26.3 Å². The number of nitrogens with one attached hydrogen (secondary N) is 1. The van der Waals surface area contributed by atoms with E-state index in [-0.39, 0.29) is 17.7 Å². The van der Waals surface area contributed by atoms with Crippen molar-refractivity contribution in [3.63, 3.8) is 0 Å². The van der Waals surface area contributed by atoms with Crippen LogP contribution < -0.4 is 5.32 Å². The first-order valence-electron chi connectivity index (χ1n) is 7.91. The van der Waals surface area contributed by atoms with Gasteiger partial charge in [0, 0.05) is 50.7 Å². The fourth-order valence-corrected chi connectivity index (χ4v) is 2.70. The number of nitrogens with zero attached hydrogens (tertiary/aromatic N) is 1. The average Bonchev–Trinajstić information content (AvgIpc) is 2.56. The number of carbonyl (C=O) groups is 2. The summed E-state index contributed by atoms with van der Waals surface area (Å²) in [5.41, 5.74) is 1.01. The van der Waals surface area contributed by atoms with Gasteiger partial charge in [-0.15, -0.1) is 0 Å². The predicted molar refractivity (Wildman–Crippen MR) is 89.1 cm³/mol. The summed E-state index contributed by atoms with van der Waals surface area (Å²) in [6.07, 6.45) is 1.54. The second kappa shape index (κ2) is 8.89. The highest BCUT2D eigenvalue weighted by Crippen LogP contribution is 2.14. The van der Waals surface area contributed by atoms with Crippen molar-refractivity contribution >= 4 is 23.4 Å². The van der Waals surface area contributed by atoms with Gasteiger partial charge in [0.25, 0.3) is 0 Å². The van der Waals surface area contributed by atoms with Crippen LogP contribution in [0, 0.1) is 5.92 Å². The van der Waals surface area contributed by atoms with Gasteiger partial charge >= 0.3 is 0 Å². The molecule has 0 atom stereocenters. The smallest absolute Gasteiger partial charge is 0.223 e. The summed E-state index contributed by atoms with van der Waals surface area (Å²) in [7, 11) is 0. The van der Waals surface area contributed by atoms with Crippen LogP contribution in [-0.4, -0.2) is 43.0 Å². The SMILES string of the molecule is CC(=O)N(CCNC(=O)C1CCOCC1)Cc1ccc(Cl)cc1. The molecule has 0 unspecified atom stereocenters. The number of rotatable bonds is 6. The Morgan fingerprint density at radius 3 is 2.52 bits per heavy atom. The second-order valence-corrected chi connectivity index (χ2v) is 6.18. The number of amides is 2. The molecule has 2 rings (SSSR count). The largest absolute Gasteiger partial charge is 0.381 e. The van der Waals surface area contributed by atoms with Crippen molar-refractivity contribution in [3.8, 4) is 0 Å². The van der Waals surface area contributed by atoms with E-state index in [2.05, 4.69) is 5.32 Å². The summed E-state index contributed by atoms with van der Waals surface area (Å²) < 4.78 is 5.26. The summed E-state index contributed by atoms with van der Waals surface area (Å²) in [6, 6.07) is 7.42. The van der Waals surface area contributed by atoms with Crippen molar-refractivity contribution in [1.29, 1.82) is 0 Å². The fourth-order valence-electron chi connectivity index (χ4n) is 2.58. The lowest BCUT2D eigenvalue weighted by molar-refractivity contribution is -0.131. The molecule has 6 heteroatoms. The number of hydrogen-bond donors (Lipinski definition) is 1. The Balaban J connectivity index is 1.79. The molecule has 1 aliphatic heterocycles. The van der Waals surface area contributed by atoms with Crippen LogP contribution in [-0.2, 0) is 20.9 Å². The van der Waals surface area contributed by atoms with Gasteiger partial charge in [-0.1, -0.05) is 23.7 Å². The first-order chi connectivity index (χ1) is 11.1. The molecule has 0 aliphatic carbocycles. The minimum atomic E-state index is -0.0136. The van der Waals surface area contributed by atoms with Crippen molar-refractivity contribution < 1.29 is 14.3 Å². The monoisotopic (exact) mass is 338 g/mol. The van der Waals surface area contributed by atoms with Crippen LogP contribution >= 0.6 is 11.6 Å². The highest BCUT2D eigenvalue weighted by atomic mass is 35.5. The third kappa shape index (κ3) is 5.84. The van der Waals surface area contributed by atoms with Crippen LogP contribution in [0.15, 0.2) is 24.3 Å². The van der Waals surface area contributed by atoms with E-state index in [0.29, 0.717) is 37.9 Å². The van der Waals surface area contributed by atoms with Gasteiger partial charge in [-0.25, -0.2) is 0 Å². The lowest BCUT2D eigenvalue weighted by Gasteiger charge is -2.24. The molecule has 0 bridgehead atoms. The molecule has 2 amide bonds. The quantitative estimate of drug-likeness (QED) is 0.865. The lowest BCUT2D eigenvalue weighted by Crippen LogP contribution is -2.40. The van der Waals surface area contributed by atoms with E-state index in [1.807, 2.05) is 24.3 Å². The maximum absolute atomic E-state index is 12.1. The first-order valence-corrected chi connectivity index (χ1v) is 8.29. The summed E-state index contributed by atoms with van der Waals surface area (Å²) >= 11 is 5.87. The maximum Gasteiger partial charge on any atom is 0.223 e. The van der Waals surface area contributed by atoms with Gasteiger partial charge in [-0.05, 0) is 30.5 Å². The van der Waals surface area contributed by atoms with Crippen molar-refractivity contribution in [2.24, 2.45) is 5.92 Å². The molecule has 1 aliphatic rings. The first kappa shape index (κ1) is 17.8. The molecule has 1 aromatic carbocycles. The van der Waals surface area contributed by atoms with Gasteiger partial charge in [0.1, 0.15) is 0 Å². The summed E-state index contributed by atoms with van der Waals surface area (Å²) in [5, 5.41) is 3.60. The maximum atomic E-state index is 12.1. The van der Waals surface area contributed by atoms with E-state index in [4.69, 9.17) is 16.3 Å². The fraction of sp³-hybridized carbons (Fsp3) is 0.529. The zero-order chi connectivity index (χ0) is 16.7. The molecule has 23 heavy (non-hydrogen) atoms. The zero-order valence-electron chi connectivity index (χ0n) is 13.4. The van der Waals surface area contributed by atoms with Gasteiger partial charge in [-0.2, -0.15) is 0 Å². The minimum Gasteiger partial charge on any atom is -0.381 e. The Morgan fingerprint density at radius 1 is 1.26 bits per heavy atom. The molecule has 1 heterocycles. The zero-order valence-corrected chi connectivity index (χ0v) is 14.1. The molecule has 1 saturated heterocycles. The van der Waals surface area contributed by atoms with E-state index >= 15 is 0 Å². The molecule has 1 fully saturated rings. The molecule has 126 valence electrons. The van der Waals surface area contributed by atoms with Crippen LogP contribution in [0.1, 0.15) is 25.3 Å². The van der Waals surface area contributed by atoms with Crippen LogP contribution in [0.4, 0.5) is 0 Å². The van der Waals surface area contributed by atoms with E-state index in [9.17, 15) is 9.59 Å². The number of ether oxygens (including phenoxy) is 1. The Bertz CT molecular complexity index is 527. The highest BCUT2D eigenvalue weighted by Gasteiger charge is 2.21. The van der Waals surface area contributed by atoms with Crippen LogP contribution in [0.25, 0.3) is 0 Å². The topological polar surface area (TPSA) is 58.6 Å². The van der Waals surface area contributed by atoms with Gasteiger partial charge in [0.15, 0.2) is 0 Å². The highest BCUT2D eigenvalue weighted by molar-refractivity contribution is 6.30. The minimum absolute atomic E-state index is 0.0136. The Kier molecular flexibility index (Phi) is 6.86. The van der Waals surface area contributed by atoms with E-state index < -0.39 is 0 Å². The molecule has 0 saturated carbocycles. The molecule has 0 aromatic heterocycles. The van der Waals surface area contributed by atoms with Crippen molar-refractivity contribution in [1.82, 2.24) is 10.2 Å². The third-order valence-corrected chi connectivity index (χ3v) is 4.26. The van der Waals surface area contributed by atoms with Crippen molar-refractivity contribution in [3.05, 3.63) is 34.9 Å². The Hall–Kier alpha value is -1.59. The van der Waals surface area contributed by atoms with Gasteiger partial charge in [0.05, 0.1) is 0 Å². The van der Waals surface area contributed by atoms with Crippen LogP contribution in [0.2, 0.25) is 5.02 Å². The molecule has 5 nitrogen and oxygen atoms in total. The average molecular weight is 339 g/mol. The van der Waals surface area contributed by atoms with E-state index in [0.717, 1.165) is 18.4 Å². The van der Waals surface area contributed by atoms with Gasteiger partial charge in [0.2, 0.25) is 11.8 Å². The van der Waals surface area contributed by atoms with Gasteiger partial charge in [-0.3, -0.25) is 9.59 Å². The number of hydrogen-bond acceptors (Lipinski definition) is 3. The molecule has 1 aromatic rings. The van der Waals surface area contributed by atoms with Crippen LogP contribution in [0.3, 0.4) is 0 Å².